The number of nitrogens with two attached hydrogens (primary N) is 1. The van der Waals surface area contributed by atoms with E-state index in [1.165, 1.54) is 0 Å². The summed E-state index contributed by atoms with van der Waals surface area (Å²) in [5, 5.41) is 11.1. The molecule has 2 aromatic carbocycles. The highest BCUT2D eigenvalue weighted by molar-refractivity contribution is 6.19. The fraction of sp³-hybridized carbons (Fsp3) is 0.185. The zero-order valence-electron chi connectivity index (χ0n) is 20.0. The van der Waals surface area contributed by atoms with Crippen LogP contribution in [0.3, 0.4) is 0 Å². The Labute approximate surface area is 201 Å². The summed E-state index contributed by atoms with van der Waals surface area (Å²) in [4.78, 5) is 21.6. The Morgan fingerprint density at radius 2 is 1.82 bits per heavy atom. The van der Waals surface area contributed by atoms with Crippen LogP contribution in [0.1, 0.15) is 38.8 Å². The first-order valence-electron chi connectivity index (χ1n) is 11.0. The number of anilines is 1. The number of allylic oxidation sites excluding steroid dienone is 3. The van der Waals surface area contributed by atoms with Crippen molar-refractivity contribution in [2.75, 3.05) is 5.32 Å². The molecule has 176 valence electrons. The summed E-state index contributed by atoms with van der Waals surface area (Å²) in [7, 11) is 0. The van der Waals surface area contributed by atoms with Gasteiger partial charge in [0.05, 0.1) is 11.4 Å². The van der Waals surface area contributed by atoms with E-state index in [0.717, 1.165) is 16.7 Å². The minimum atomic E-state index is -1.18. The van der Waals surface area contributed by atoms with Crippen LogP contribution in [0.2, 0.25) is 0 Å². The topological polar surface area (TPSA) is 113 Å². The average molecular weight is 458 g/mol. The highest BCUT2D eigenvalue weighted by Gasteiger charge is 2.26. The zero-order chi connectivity index (χ0) is 25.1. The second kappa shape index (κ2) is 12.7. The van der Waals surface area contributed by atoms with Crippen LogP contribution in [0.25, 0.3) is 0 Å². The summed E-state index contributed by atoms with van der Waals surface area (Å²) >= 11 is 0. The zero-order valence-corrected chi connectivity index (χ0v) is 20.0. The van der Waals surface area contributed by atoms with Crippen molar-refractivity contribution >= 4 is 29.2 Å². The van der Waals surface area contributed by atoms with Crippen molar-refractivity contribution in [3.8, 4) is 0 Å². The minimum absolute atomic E-state index is 0.202. The first-order chi connectivity index (χ1) is 16.4. The maximum absolute atomic E-state index is 12.8. The molecule has 0 spiro atoms. The summed E-state index contributed by atoms with van der Waals surface area (Å²) in [6.07, 6.45) is 3.93. The van der Waals surface area contributed by atoms with Gasteiger partial charge in [0, 0.05) is 16.7 Å². The standard InChI is InChI=1S/C25H25N5O2.C2H6/c1-4-11-18(16(3)5-2)22(26)32-25(27)30-23-24(31)28-20-15-10-9-14-19(20)21(29-23)17-12-7-6-8-13-17;1-2/h4-15,23,26H,2H2,1,3H3,(H2,27,30)(H,28,31);1-2H3/b11-4-,18-16+,26-22?;. The third-order valence-electron chi connectivity index (χ3n) is 4.74. The first-order valence-corrected chi connectivity index (χ1v) is 11.0. The van der Waals surface area contributed by atoms with E-state index in [9.17, 15) is 4.79 Å². The highest BCUT2D eigenvalue weighted by Crippen LogP contribution is 2.24. The number of amides is 1. The first kappa shape index (κ1) is 26.0. The van der Waals surface area contributed by atoms with Gasteiger partial charge in [0.15, 0.2) is 0 Å². The number of benzodiazepines with no additional fused rings is 1. The number of benzene rings is 2. The number of carbonyl (C=O) groups is 1. The fourth-order valence-corrected chi connectivity index (χ4v) is 3.13. The SMILES string of the molecule is C=C/C(C)=C(\C=C/C)C(=N)O/C(N)=N/C1N=C(c2ccccc2)c2ccccc2NC1=O.CC. The molecule has 4 N–H and O–H groups in total. The molecule has 0 aromatic heterocycles. The van der Waals surface area contributed by atoms with Crippen LogP contribution in [0.15, 0.2) is 101 Å². The smallest absolute Gasteiger partial charge is 0.291 e. The summed E-state index contributed by atoms with van der Waals surface area (Å²) in [5.74, 6) is -0.653. The van der Waals surface area contributed by atoms with Gasteiger partial charge in [0.2, 0.25) is 12.1 Å². The number of rotatable bonds is 5. The van der Waals surface area contributed by atoms with Crippen LogP contribution in [0.4, 0.5) is 5.69 Å². The van der Waals surface area contributed by atoms with Crippen LogP contribution >= 0.6 is 0 Å². The largest absolute Gasteiger partial charge is 0.407 e. The van der Waals surface area contributed by atoms with Gasteiger partial charge in [-0.25, -0.2) is 4.99 Å². The molecule has 0 bridgehead atoms. The Morgan fingerprint density at radius 3 is 2.47 bits per heavy atom. The lowest BCUT2D eigenvalue weighted by atomic mass is 10.0. The van der Waals surface area contributed by atoms with Crippen LogP contribution in [0.5, 0.6) is 0 Å². The number of ether oxygens (including phenoxy) is 1. The molecule has 1 heterocycles. The van der Waals surface area contributed by atoms with Gasteiger partial charge < -0.3 is 15.8 Å². The van der Waals surface area contributed by atoms with Gasteiger partial charge >= 0.3 is 0 Å². The molecule has 0 saturated carbocycles. The minimum Gasteiger partial charge on any atom is -0.407 e. The van der Waals surface area contributed by atoms with Crippen molar-refractivity contribution in [3.05, 3.63) is 102 Å². The number of fused-ring (bicyclic) bond motifs is 1. The lowest BCUT2D eigenvalue weighted by molar-refractivity contribution is -0.117. The number of amidine groups is 1. The molecular formula is C27H31N5O2. The molecule has 34 heavy (non-hydrogen) atoms. The Bertz CT molecular complexity index is 1160. The van der Waals surface area contributed by atoms with Crippen LogP contribution in [0, 0.1) is 5.41 Å². The third kappa shape index (κ3) is 6.38. The lowest BCUT2D eigenvalue weighted by Crippen LogP contribution is -2.29. The second-order valence-electron chi connectivity index (χ2n) is 6.95. The number of para-hydroxylation sites is 1. The van der Waals surface area contributed by atoms with Crippen LogP contribution < -0.4 is 11.1 Å². The predicted molar refractivity (Wildman–Crippen MR) is 140 cm³/mol. The second-order valence-corrected chi connectivity index (χ2v) is 6.95. The molecule has 1 atom stereocenters. The molecular weight excluding hydrogens is 426 g/mol. The molecule has 0 radical (unpaired) electrons. The van der Waals surface area contributed by atoms with Crippen LogP contribution in [-0.4, -0.2) is 29.7 Å². The van der Waals surface area contributed by atoms with Gasteiger partial charge in [0.25, 0.3) is 11.9 Å². The van der Waals surface area contributed by atoms with E-state index in [1.54, 1.807) is 31.2 Å². The van der Waals surface area contributed by atoms with E-state index >= 15 is 0 Å². The highest BCUT2D eigenvalue weighted by atomic mass is 16.5. The van der Waals surface area contributed by atoms with Gasteiger partial charge in [-0.1, -0.05) is 87.2 Å². The van der Waals surface area contributed by atoms with Crippen LogP contribution in [-0.2, 0) is 9.53 Å². The van der Waals surface area contributed by atoms with Gasteiger partial charge in [-0.05, 0) is 25.5 Å². The Balaban J connectivity index is 0.00000199. The number of hydrogen-bond acceptors (Lipinski definition) is 5. The van der Waals surface area contributed by atoms with Gasteiger partial charge in [0.1, 0.15) is 0 Å². The normalized spacial score (nSPS) is 16.1. The molecule has 7 nitrogen and oxygen atoms in total. The van der Waals surface area contributed by atoms with E-state index < -0.39 is 12.1 Å². The Morgan fingerprint density at radius 1 is 1.18 bits per heavy atom. The van der Waals surface area contributed by atoms with E-state index in [0.29, 0.717) is 17.0 Å². The van der Waals surface area contributed by atoms with Crippen molar-refractivity contribution in [2.24, 2.45) is 15.7 Å². The molecule has 1 aliphatic rings. The monoisotopic (exact) mass is 457 g/mol. The number of hydrogen-bond donors (Lipinski definition) is 3. The molecule has 0 saturated heterocycles. The van der Waals surface area contributed by atoms with E-state index in [2.05, 4.69) is 21.9 Å². The molecule has 3 rings (SSSR count). The molecule has 2 aromatic rings. The number of nitrogens with one attached hydrogen (secondary N) is 2. The van der Waals surface area contributed by atoms with Gasteiger partial charge in [-0.3, -0.25) is 10.2 Å². The molecule has 1 unspecified atom stereocenters. The third-order valence-corrected chi connectivity index (χ3v) is 4.74. The summed E-state index contributed by atoms with van der Waals surface area (Å²) in [5.41, 5.74) is 10.0. The number of nitrogens with zero attached hydrogens (tertiary/aromatic N) is 2. The maximum Gasteiger partial charge on any atom is 0.291 e. The quantitative estimate of drug-likeness (QED) is 0.325. The number of carbonyl (C=O) groups excluding carboxylic acids is 1. The van der Waals surface area contributed by atoms with E-state index in [1.807, 2.05) is 69.3 Å². The van der Waals surface area contributed by atoms with Crippen molar-refractivity contribution in [1.29, 1.82) is 5.41 Å². The van der Waals surface area contributed by atoms with Gasteiger partial charge in [-0.2, -0.15) is 4.99 Å². The summed E-state index contributed by atoms with van der Waals surface area (Å²) < 4.78 is 5.40. The van der Waals surface area contributed by atoms with Gasteiger partial charge in [-0.15, -0.1) is 0 Å². The van der Waals surface area contributed by atoms with Crippen molar-refractivity contribution < 1.29 is 9.53 Å². The lowest BCUT2D eigenvalue weighted by Gasteiger charge is -2.11. The summed E-state index contributed by atoms with van der Waals surface area (Å²) in [6, 6.07) is 16.6. The molecule has 1 amide bonds. The molecule has 7 heteroatoms. The van der Waals surface area contributed by atoms with E-state index in [4.69, 9.17) is 15.9 Å². The fourth-order valence-electron chi connectivity index (χ4n) is 3.13. The molecule has 0 fully saturated rings. The summed E-state index contributed by atoms with van der Waals surface area (Å²) in [6.45, 7) is 11.4. The molecule has 1 aliphatic heterocycles. The van der Waals surface area contributed by atoms with Crippen molar-refractivity contribution in [1.82, 2.24) is 0 Å². The number of aliphatic imine (C=N–C) groups is 2. The van der Waals surface area contributed by atoms with Crippen molar-refractivity contribution in [3.63, 3.8) is 0 Å². The maximum atomic E-state index is 12.8. The van der Waals surface area contributed by atoms with E-state index in [-0.39, 0.29) is 11.9 Å². The average Bonchev–Trinajstić information content (AvgIpc) is 2.99. The Kier molecular flexibility index (Phi) is 9.71. The Hall–Kier alpha value is -4.26. The molecule has 0 aliphatic carbocycles. The van der Waals surface area contributed by atoms with Crippen molar-refractivity contribution in [2.45, 2.75) is 33.9 Å². The predicted octanol–water partition coefficient (Wildman–Crippen LogP) is 5.22.